The maximum atomic E-state index is 9.87. The fourth-order valence-electron chi connectivity index (χ4n) is 14.0. The molecule has 0 N–H and O–H groups in total. The Labute approximate surface area is 459 Å². The molecule has 1 nitrogen and oxygen atoms in total. The first-order valence-corrected chi connectivity index (χ1v) is 30.7. The Balaban J connectivity index is 0.984. The molecule has 3 aliphatic rings. The van der Waals surface area contributed by atoms with Gasteiger partial charge in [-0.15, -0.1) is 0 Å². The molecule has 16 rings (SSSR count). The topological polar surface area (TPSA) is 4.93 Å². The van der Waals surface area contributed by atoms with Crippen LogP contribution in [0, 0.1) is 0 Å². The molecule has 2 bridgehead atoms. The average Bonchev–Trinajstić information content (AvgIpc) is 1.62. The van der Waals surface area contributed by atoms with Crippen LogP contribution in [0.5, 0.6) is 0 Å². The van der Waals surface area contributed by atoms with Gasteiger partial charge in [-0.2, -0.15) is 0 Å². The zero-order chi connectivity index (χ0) is 55.3. The van der Waals surface area contributed by atoms with Crippen molar-refractivity contribution in [2.24, 2.45) is 0 Å². The van der Waals surface area contributed by atoms with Crippen LogP contribution in [0.3, 0.4) is 0 Å². The van der Waals surface area contributed by atoms with E-state index in [4.69, 9.17) is 1.37 Å². The van der Waals surface area contributed by atoms with E-state index in [0.29, 0.717) is 5.19 Å². The Morgan fingerprint density at radius 1 is 0.312 bits per heavy atom. The highest BCUT2D eigenvalue weighted by molar-refractivity contribution is 7.20. The molecular weight excluding hydrogens is 959 g/mol. The van der Waals surface area contributed by atoms with Crippen LogP contribution in [-0.4, -0.2) is 20.7 Å². The Kier molecular flexibility index (Phi) is 9.57. The molecular formula is C74H53NSi2. The highest BCUT2D eigenvalue weighted by atomic mass is 28.3. The van der Waals surface area contributed by atoms with Crippen LogP contribution < -0.4 is 41.5 Å². The van der Waals surface area contributed by atoms with Gasteiger partial charge in [0.2, 0.25) is 0 Å². The molecule has 13 aromatic rings. The van der Waals surface area contributed by atoms with Crippen molar-refractivity contribution in [3.8, 4) is 16.8 Å². The van der Waals surface area contributed by atoms with E-state index in [-0.39, 0.29) is 36.0 Å². The molecule has 0 radical (unpaired) electrons. The molecule has 1 aromatic heterocycles. The molecule has 0 saturated heterocycles. The second-order valence-corrected chi connectivity index (χ2v) is 28.1. The predicted molar refractivity (Wildman–Crippen MR) is 328 cm³/mol. The largest absolute Gasteiger partial charge is 0.309 e. The number of nitrogens with zero attached hydrogens (tertiary/aromatic N) is 1. The summed E-state index contributed by atoms with van der Waals surface area (Å²) in [5, 5.41) is 10.9. The monoisotopic (exact) mass is 1020 g/mol. The number of hydrogen-bond donors (Lipinski definition) is 0. The summed E-state index contributed by atoms with van der Waals surface area (Å²) in [4.78, 5) is 0. The number of para-hydroxylation sites is 1. The van der Waals surface area contributed by atoms with Crippen molar-refractivity contribution in [1.82, 2.24) is 4.57 Å². The normalized spacial score (nSPS) is 15.4. The predicted octanol–water partition coefficient (Wildman–Crippen LogP) is 12.2. The molecule has 0 spiro atoms. The summed E-state index contributed by atoms with van der Waals surface area (Å²) in [6.07, 6.45) is 0. The second kappa shape index (κ2) is 18.3. The maximum absolute atomic E-state index is 9.87. The van der Waals surface area contributed by atoms with E-state index in [2.05, 4.69) is 247 Å². The number of aromatic nitrogens is 1. The van der Waals surface area contributed by atoms with E-state index in [1.165, 1.54) is 59.3 Å². The van der Waals surface area contributed by atoms with Gasteiger partial charge in [0.15, 0.2) is 16.1 Å². The number of rotatable bonds is 10. The quantitative estimate of drug-likeness (QED) is 0.0950. The number of fused-ring (bicyclic) bond motifs is 3. The van der Waals surface area contributed by atoms with Crippen LogP contribution in [0.4, 0.5) is 0 Å². The van der Waals surface area contributed by atoms with Gasteiger partial charge < -0.3 is 4.57 Å². The minimum Gasteiger partial charge on any atom is -0.309 e. The lowest BCUT2D eigenvalue weighted by Gasteiger charge is -2.47. The van der Waals surface area contributed by atoms with E-state index in [0.717, 1.165) is 49.0 Å². The van der Waals surface area contributed by atoms with Crippen LogP contribution in [0.25, 0.3) is 38.6 Å². The molecule has 0 saturated carbocycles. The van der Waals surface area contributed by atoms with Crippen LogP contribution in [0.15, 0.2) is 309 Å². The van der Waals surface area contributed by atoms with Crippen molar-refractivity contribution in [3.63, 3.8) is 0 Å². The van der Waals surface area contributed by atoms with Crippen molar-refractivity contribution < 1.29 is 6.85 Å². The third-order valence-electron chi connectivity index (χ3n) is 16.9. The van der Waals surface area contributed by atoms with Crippen molar-refractivity contribution in [3.05, 3.63) is 343 Å². The fourth-order valence-corrected chi connectivity index (χ4v) is 23.5. The highest BCUT2D eigenvalue weighted by Gasteiger charge is 2.50. The Bertz CT molecular complexity index is 4480. The molecule has 3 aliphatic carbocycles. The first-order valence-electron chi connectivity index (χ1n) is 29.2. The lowest BCUT2D eigenvalue weighted by Crippen LogP contribution is -2.75. The summed E-state index contributed by atoms with van der Waals surface area (Å²) < 4.78 is 49.5. The van der Waals surface area contributed by atoms with Gasteiger partial charge in [0.1, 0.15) is 0 Å². The molecule has 362 valence electrons. The third kappa shape index (κ3) is 6.77. The minimum atomic E-state index is -3.81. The summed E-state index contributed by atoms with van der Waals surface area (Å²) in [6.45, 7) is 0. The van der Waals surface area contributed by atoms with Crippen LogP contribution in [-0.2, 0) is 0 Å². The standard InChI is InChI=1S/C74H53NSi2/c1-7-27-54(28-8-1)76(55-29-9-2-10-30-55,56-31-11-3-12-32-56)60-39-23-26-53(51-60)75-68-46-22-21-40-62(68)63-49-48-52(50-69(63)75)61-43-24-44-66-71-64-41-19-20-42-65(64)74(72(61)66)73-67(71)45-25-47-70(73)77(57-33-13-4-14-34-57,58-35-15-5-16-36-58)59-37-17-6-18-38-59/h1-51,71,74H/i4D,13D,14D,33D,34D. The lowest BCUT2D eigenvalue weighted by molar-refractivity contribution is 0.760. The van der Waals surface area contributed by atoms with Gasteiger partial charge in [0.25, 0.3) is 0 Å². The zero-order valence-electron chi connectivity index (χ0n) is 47.2. The van der Waals surface area contributed by atoms with Crippen molar-refractivity contribution >= 4 is 79.4 Å². The molecule has 3 heteroatoms. The molecule has 0 amide bonds. The maximum Gasteiger partial charge on any atom is 0.179 e. The van der Waals surface area contributed by atoms with Gasteiger partial charge in [-0.05, 0) is 110 Å². The molecule has 77 heavy (non-hydrogen) atoms. The van der Waals surface area contributed by atoms with Crippen LogP contribution >= 0.6 is 0 Å². The summed E-state index contributed by atoms with van der Waals surface area (Å²) >= 11 is 0. The van der Waals surface area contributed by atoms with Crippen LogP contribution in [0.1, 0.15) is 52.1 Å². The van der Waals surface area contributed by atoms with Gasteiger partial charge >= 0.3 is 0 Å². The first kappa shape index (κ1) is 40.2. The highest BCUT2D eigenvalue weighted by Crippen LogP contribution is 2.57. The lowest BCUT2D eigenvalue weighted by atomic mass is 9.60. The Morgan fingerprint density at radius 3 is 1.39 bits per heavy atom. The van der Waals surface area contributed by atoms with Gasteiger partial charge in [0.05, 0.1) is 17.9 Å². The van der Waals surface area contributed by atoms with Gasteiger partial charge in [-0.1, -0.05) is 285 Å². The van der Waals surface area contributed by atoms with Gasteiger partial charge in [-0.3, -0.25) is 0 Å². The zero-order valence-corrected chi connectivity index (χ0v) is 44.2. The van der Waals surface area contributed by atoms with Crippen LogP contribution in [0.2, 0.25) is 0 Å². The molecule has 0 fully saturated rings. The molecule has 1 heterocycles. The van der Waals surface area contributed by atoms with Crippen molar-refractivity contribution in [1.29, 1.82) is 0 Å². The van der Waals surface area contributed by atoms with Gasteiger partial charge in [-0.25, -0.2) is 0 Å². The SMILES string of the molecule is [2H]c1c([2H])c([2H])c([Si](c2ccccc2)(c2ccccc2)c2cccc3c2C2c4ccccc4C3c3cccc(-c4ccc5c6ccccc6n(-c6cccc([Si](c7ccccc7)(c7ccccc7)c7ccccc7)c6)c5c4)c32)c([2H])c1[2H]. The van der Waals surface area contributed by atoms with Crippen molar-refractivity contribution in [2.75, 3.05) is 0 Å². The summed E-state index contributed by atoms with van der Waals surface area (Å²) in [5.41, 5.74) is 13.0. The molecule has 2 unspecified atom stereocenters. The van der Waals surface area contributed by atoms with E-state index in [1.807, 2.05) is 36.4 Å². The fraction of sp³-hybridized carbons (Fsp3) is 0.0270. The number of benzene rings is 12. The van der Waals surface area contributed by atoms with E-state index < -0.39 is 22.2 Å². The Hall–Kier alpha value is -9.13. The Morgan fingerprint density at radius 2 is 0.779 bits per heavy atom. The third-order valence-corrected chi connectivity index (χ3v) is 26.4. The molecule has 2 atom stereocenters. The molecule has 0 aliphatic heterocycles. The number of hydrogen-bond acceptors (Lipinski definition) is 0. The first-order chi connectivity index (χ1) is 40.3. The van der Waals surface area contributed by atoms with E-state index in [9.17, 15) is 5.48 Å². The summed E-state index contributed by atoms with van der Waals surface area (Å²) in [6, 6.07) is 100. The van der Waals surface area contributed by atoms with E-state index in [1.54, 1.807) is 0 Å². The van der Waals surface area contributed by atoms with E-state index >= 15 is 0 Å². The molecule has 12 aromatic carbocycles. The van der Waals surface area contributed by atoms with Crippen molar-refractivity contribution in [2.45, 2.75) is 11.8 Å². The second-order valence-electron chi connectivity index (χ2n) is 20.6. The van der Waals surface area contributed by atoms with Gasteiger partial charge in [0, 0.05) is 28.3 Å². The average molecular weight is 1020 g/mol. The smallest absolute Gasteiger partial charge is 0.179 e. The summed E-state index contributed by atoms with van der Waals surface area (Å²) in [5.74, 6) is -0.376. The minimum absolute atomic E-state index is 0.120. The summed E-state index contributed by atoms with van der Waals surface area (Å²) in [7, 11) is -6.69.